The Morgan fingerprint density at radius 1 is 0.808 bits per heavy atom. The average Bonchev–Trinajstić information content (AvgIpc) is 2.67. The maximum atomic E-state index is 5.64. The van der Waals surface area contributed by atoms with Crippen LogP contribution in [0.2, 0.25) is 0 Å². The van der Waals surface area contributed by atoms with Crippen LogP contribution in [0.1, 0.15) is 25.0 Å². The standard InChI is InChI=1S/C21H27NO4/c1-5-25-19-10-8-17(14-21(19)26-6-2)15-22-12-11-16-7-9-18(23-3)20(13-16)24-4/h7-10,13-15H,5-6,11-12H2,1-4H3. The summed E-state index contributed by atoms with van der Waals surface area (Å²) in [6, 6.07) is 11.8. The molecule has 2 aromatic rings. The van der Waals surface area contributed by atoms with Gasteiger partial charge in [0.15, 0.2) is 23.0 Å². The SMILES string of the molecule is CCOc1ccc(C=NCCc2ccc(OC)c(OC)c2)cc1OCC. The quantitative estimate of drug-likeness (QED) is 0.599. The molecule has 0 radical (unpaired) electrons. The van der Waals surface area contributed by atoms with Crippen molar-refractivity contribution in [1.82, 2.24) is 0 Å². The van der Waals surface area contributed by atoms with Gasteiger partial charge in [-0.15, -0.1) is 0 Å². The van der Waals surface area contributed by atoms with Gasteiger partial charge in [-0.2, -0.15) is 0 Å². The van der Waals surface area contributed by atoms with Crippen molar-refractivity contribution < 1.29 is 18.9 Å². The number of ether oxygens (including phenoxy) is 4. The highest BCUT2D eigenvalue weighted by atomic mass is 16.5. The van der Waals surface area contributed by atoms with Crippen molar-refractivity contribution in [2.24, 2.45) is 4.99 Å². The highest BCUT2D eigenvalue weighted by molar-refractivity contribution is 5.80. The van der Waals surface area contributed by atoms with E-state index in [9.17, 15) is 0 Å². The van der Waals surface area contributed by atoms with Crippen molar-refractivity contribution in [3.8, 4) is 23.0 Å². The van der Waals surface area contributed by atoms with Crippen LogP contribution in [0.15, 0.2) is 41.4 Å². The van der Waals surface area contributed by atoms with Crippen molar-refractivity contribution >= 4 is 6.21 Å². The van der Waals surface area contributed by atoms with Crippen molar-refractivity contribution in [2.75, 3.05) is 34.0 Å². The molecule has 2 aromatic carbocycles. The summed E-state index contributed by atoms with van der Waals surface area (Å²) >= 11 is 0. The normalized spacial score (nSPS) is 10.8. The molecule has 0 saturated carbocycles. The van der Waals surface area contributed by atoms with Crippen LogP contribution in [-0.4, -0.2) is 40.2 Å². The summed E-state index contributed by atoms with van der Waals surface area (Å²) in [6.07, 6.45) is 2.69. The molecule has 2 rings (SSSR count). The fraction of sp³-hybridized carbons (Fsp3) is 0.381. The van der Waals surface area contributed by atoms with E-state index in [0.717, 1.165) is 40.5 Å². The summed E-state index contributed by atoms with van der Waals surface area (Å²) in [6.45, 7) is 5.81. The van der Waals surface area contributed by atoms with Crippen LogP contribution in [-0.2, 0) is 6.42 Å². The van der Waals surface area contributed by atoms with Gasteiger partial charge in [-0.3, -0.25) is 4.99 Å². The Morgan fingerprint density at radius 2 is 1.50 bits per heavy atom. The summed E-state index contributed by atoms with van der Waals surface area (Å²) < 4.78 is 21.8. The maximum absolute atomic E-state index is 5.64. The summed E-state index contributed by atoms with van der Waals surface area (Å²) in [5.41, 5.74) is 2.14. The van der Waals surface area contributed by atoms with Gasteiger partial charge in [0.1, 0.15) is 0 Å². The molecule has 140 valence electrons. The highest BCUT2D eigenvalue weighted by Crippen LogP contribution is 2.28. The molecule has 0 heterocycles. The molecule has 26 heavy (non-hydrogen) atoms. The molecular weight excluding hydrogens is 330 g/mol. The lowest BCUT2D eigenvalue weighted by Crippen LogP contribution is -1.99. The van der Waals surface area contributed by atoms with Gasteiger partial charge < -0.3 is 18.9 Å². The first-order chi connectivity index (χ1) is 12.7. The minimum absolute atomic E-state index is 0.597. The highest BCUT2D eigenvalue weighted by Gasteiger charge is 2.06. The second-order valence-corrected chi connectivity index (χ2v) is 5.55. The van der Waals surface area contributed by atoms with Gasteiger partial charge in [-0.25, -0.2) is 0 Å². The molecule has 5 heteroatoms. The van der Waals surface area contributed by atoms with E-state index in [4.69, 9.17) is 18.9 Å². The fourth-order valence-corrected chi connectivity index (χ4v) is 2.55. The van der Waals surface area contributed by atoms with Gasteiger partial charge in [-0.05, 0) is 61.7 Å². The molecule has 0 N–H and O–H groups in total. The minimum atomic E-state index is 0.597. The van der Waals surface area contributed by atoms with Crippen molar-refractivity contribution in [2.45, 2.75) is 20.3 Å². The lowest BCUT2D eigenvalue weighted by Gasteiger charge is -2.11. The predicted molar refractivity (Wildman–Crippen MR) is 104 cm³/mol. The van der Waals surface area contributed by atoms with Crippen molar-refractivity contribution in [1.29, 1.82) is 0 Å². The molecule has 0 aliphatic carbocycles. The minimum Gasteiger partial charge on any atom is -0.493 e. The molecule has 0 fully saturated rings. The number of nitrogens with zero attached hydrogens (tertiary/aromatic N) is 1. The Kier molecular flexibility index (Phi) is 7.80. The molecule has 0 unspecified atom stereocenters. The lowest BCUT2D eigenvalue weighted by atomic mass is 10.1. The first-order valence-corrected chi connectivity index (χ1v) is 8.82. The van der Waals surface area contributed by atoms with E-state index in [1.807, 2.05) is 56.5 Å². The largest absolute Gasteiger partial charge is 0.493 e. The number of rotatable bonds is 10. The maximum Gasteiger partial charge on any atom is 0.161 e. The zero-order valence-electron chi connectivity index (χ0n) is 16.0. The Balaban J connectivity index is 1.99. The topological polar surface area (TPSA) is 49.3 Å². The zero-order chi connectivity index (χ0) is 18.8. The first kappa shape index (κ1) is 19.6. The predicted octanol–water partition coefficient (Wildman–Crippen LogP) is 4.16. The van der Waals surface area contributed by atoms with Crippen LogP contribution in [0.4, 0.5) is 0 Å². The number of hydrogen-bond donors (Lipinski definition) is 0. The Hall–Kier alpha value is -2.69. The number of methoxy groups -OCH3 is 2. The first-order valence-electron chi connectivity index (χ1n) is 8.82. The molecule has 0 aliphatic rings. The summed E-state index contributed by atoms with van der Waals surface area (Å²) in [5.74, 6) is 2.98. The van der Waals surface area contributed by atoms with E-state index in [2.05, 4.69) is 4.99 Å². The Bertz CT molecular complexity index is 728. The average molecular weight is 357 g/mol. The van der Waals surface area contributed by atoms with E-state index in [1.165, 1.54) is 0 Å². The van der Waals surface area contributed by atoms with Crippen LogP contribution in [0.5, 0.6) is 23.0 Å². The Morgan fingerprint density at radius 3 is 2.19 bits per heavy atom. The number of benzene rings is 2. The third-order valence-electron chi connectivity index (χ3n) is 3.79. The smallest absolute Gasteiger partial charge is 0.161 e. The third-order valence-corrected chi connectivity index (χ3v) is 3.79. The lowest BCUT2D eigenvalue weighted by molar-refractivity contribution is 0.288. The van der Waals surface area contributed by atoms with Gasteiger partial charge in [0, 0.05) is 12.8 Å². The van der Waals surface area contributed by atoms with E-state index in [0.29, 0.717) is 19.8 Å². The summed E-state index contributed by atoms with van der Waals surface area (Å²) in [5, 5.41) is 0. The third kappa shape index (κ3) is 5.41. The molecule has 0 bridgehead atoms. The molecular formula is C21H27NO4. The summed E-state index contributed by atoms with van der Waals surface area (Å²) in [7, 11) is 3.27. The molecule has 0 aliphatic heterocycles. The molecule has 0 spiro atoms. The van der Waals surface area contributed by atoms with Gasteiger partial charge in [0.25, 0.3) is 0 Å². The zero-order valence-corrected chi connectivity index (χ0v) is 16.0. The van der Waals surface area contributed by atoms with E-state index >= 15 is 0 Å². The van der Waals surface area contributed by atoms with Crippen LogP contribution < -0.4 is 18.9 Å². The van der Waals surface area contributed by atoms with Gasteiger partial charge in [0.05, 0.1) is 27.4 Å². The fourth-order valence-electron chi connectivity index (χ4n) is 2.55. The van der Waals surface area contributed by atoms with Gasteiger partial charge in [0.2, 0.25) is 0 Å². The number of aliphatic imine (C=N–C) groups is 1. The number of hydrogen-bond acceptors (Lipinski definition) is 5. The second-order valence-electron chi connectivity index (χ2n) is 5.55. The molecule has 0 saturated heterocycles. The van der Waals surface area contributed by atoms with Crippen molar-refractivity contribution in [3.63, 3.8) is 0 Å². The molecule has 0 amide bonds. The summed E-state index contributed by atoms with van der Waals surface area (Å²) in [4.78, 5) is 4.52. The van der Waals surface area contributed by atoms with Gasteiger partial charge >= 0.3 is 0 Å². The Labute approximate surface area is 155 Å². The molecule has 5 nitrogen and oxygen atoms in total. The second kappa shape index (κ2) is 10.3. The van der Waals surface area contributed by atoms with E-state index in [1.54, 1.807) is 14.2 Å². The van der Waals surface area contributed by atoms with Crippen LogP contribution in [0.25, 0.3) is 0 Å². The molecule has 0 atom stereocenters. The van der Waals surface area contributed by atoms with Gasteiger partial charge in [-0.1, -0.05) is 6.07 Å². The van der Waals surface area contributed by atoms with Crippen molar-refractivity contribution in [3.05, 3.63) is 47.5 Å². The van der Waals surface area contributed by atoms with E-state index in [-0.39, 0.29) is 0 Å². The monoisotopic (exact) mass is 357 g/mol. The van der Waals surface area contributed by atoms with Crippen LogP contribution in [0.3, 0.4) is 0 Å². The molecule has 0 aromatic heterocycles. The van der Waals surface area contributed by atoms with Crippen LogP contribution in [0, 0.1) is 0 Å². The van der Waals surface area contributed by atoms with E-state index < -0.39 is 0 Å². The van der Waals surface area contributed by atoms with Crippen LogP contribution >= 0.6 is 0 Å².